The van der Waals surface area contributed by atoms with Gasteiger partial charge in [-0.05, 0) is 31.0 Å². The number of benzene rings is 1. The molecule has 26 heavy (non-hydrogen) atoms. The number of imide groups is 1. The van der Waals surface area contributed by atoms with Crippen LogP contribution in [0.4, 0.5) is 5.69 Å². The van der Waals surface area contributed by atoms with Crippen molar-refractivity contribution in [1.29, 1.82) is 0 Å². The number of hydrogen-bond acceptors (Lipinski definition) is 6. The summed E-state index contributed by atoms with van der Waals surface area (Å²) in [6.45, 7) is 1.98. The van der Waals surface area contributed by atoms with E-state index in [4.69, 9.17) is 0 Å². The van der Waals surface area contributed by atoms with Crippen LogP contribution in [0.3, 0.4) is 0 Å². The molecule has 0 saturated carbocycles. The van der Waals surface area contributed by atoms with Gasteiger partial charge in [0.25, 0.3) is 11.5 Å². The summed E-state index contributed by atoms with van der Waals surface area (Å²) in [6, 6.07) is 6.11. The van der Waals surface area contributed by atoms with Crippen molar-refractivity contribution in [3.8, 4) is 0 Å². The molecule has 5 rings (SSSR count). The number of aromatic nitrogens is 2. The Labute approximate surface area is 149 Å². The lowest BCUT2D eigenvalue weighted by molar-refractivity contribution is -0.136. The predicted molar refractivity (Wildman–Crippen MR) is 95.0 cm³/mol. The molecule has 2 N–H and O–H groups in total. The van der Waals surface area contributed by atoms with Crippen LogP contribution in [-0.2, 0) is 9.59 Å². The van der Waals surface area contributed by atoms with E-state index in [-0.39, 0.29) is 17.9 Å². The van der Waals surface area contributed by atoms with E-state index in [0.717, 1.165) is 30.6 Å². The summed E-state index contributed by atoms with van der Waals surface area (Å²) in [5, 5.41) is 11.3. The van der Waals surface area contributed by atoms with Crippen molar-refractivity contribution < 1.29 is 9.59 Å². The molecule has 0 radical (unpaired) electrons. The third-order valence-electron chi connectivity index (χ3n) is 5.69. The van der Waals surface area contributed by atoms with E-state index in [1.54, 1.807) is 6.20 Å². The second-order valence-corrected chi connectivity index (χ2v) is 7.28. The SMILES string of the molecule is O=C1CCC(n2ncc3cc(N4CC5CC4CN5)ccc3c2=O)C(=O)N1. The zero-order chi connectivity index (χ0) is 17.8. The van der Waals surface area contributed by atoms with Crippen LogP contribution in [-0.4, -0.2) is 46.8 Å². The van der Waals surface area contributed by atoms with E-state index in [2.05, 4.69) is 20.6 Å². The first kappa shape index (κ1) is 15.5. The molecular formula is C18H19N5O3. The van der Waals surface area contributed by atoms with Crippen molar-refractivity contribution in [2.45, 2.75) is 37.4 Å². The molecular weight excluding hydrogens is 334 g/mol. The smallest absolute Gasteiger partial charge is 0.275 e. The number of fused-ring (bicyclic) bond motifs is 3. The molecule has 3 atom stereocenters. The standard InChI is InChI=1S/C18H19N5O3/c24-16-4-3-15(17(25)21-16)23-18(26)14-2-1-12(5-10(14)7-20-23)22-9-11-6-13(22)8-19-11/h1-2,5,7,11,13,15,19H,3-4,6,8-9H2,(H,21,24,25). The normalized spacial score (nSPS) is 28.0. The lowest BCUT2D eigenvalue weighted by atomic mass is 10.1. The van der Waals surface area contributed by atoms with E-state index in [9.17, 15) is 14.4 Å². The molecule has 3 saturated heterocycles. The minimum atomic E-state index is -0.732. The Bertz CT molecular complexity index is 984. The second kappa shape index (κ2) is 5.63. The number of carbonyl (C=O) groups is 2. The summed E-state index contributed by atoms with van der Waals surface area (Å²) in [7, 11) is 0. The number of anilines is 1. The van der Waals surface area contributed by atoms with E-state index in [1.165, 1.54) is 4.68 Å². The van der Waals surface area contributed by atoms with Crippen molar-refractivity contribution in [3.63, 3.8) is 0 Å². The molecule has 4 heterocycles. The summed E-state index contributed by atoms with van der Waals surface area (Å²) >= 11 is 0. The molecule has 1 aromatic carbocycles. The minimum Gasteiger partial charge on any atom is -0.366 e. The molecule has 134 valence electrons. The fraction of sp³-hybridized carbons (Fsp3) is 0.444. The highest BCUT2D eigenvalue weighted by Gasteiger charge is 2.37. The van der Waals surface area contributed by atoms with Gasteiger partial charge in [-0.15, -0.1) is 0 Å². The van der Waals surface area contributed by atoms with Gasteiger partial charge in [0.2, 0.25) is 5.91 Å². The van der Waals surface area contributed by atoms with Crippen LogP contribution in [0.15, 0.2) is 29.2 Å². The van der Waals surface area contributed by atoms with Crippen molar-refractivity contribution in [2.24, 2.45) is 0 Å². The van der Waals surface area contributed by atoms with Gasteiger partial charge in [-0.1, -0.05) is 0 Å². The largest absolute Gasteiger partial charge is 0.366 e. The number of carbonyl (C=O) groups excluding carboxylic acids is 2. The zero-order valence-electron chi connectivity index (χ0n) is 14.1. The Hall–Kier alpha value is -2.74. The van der Waals surface area contributed by atoms with Crippen LogP contribution >= 0.6 is 0 Å². The Morgan fingerprint density at radius 1 is 1.19 bits per heavy atom. The van der Waals surface area contributed by atoms with Gasteiger partial charge < -0.3 is 10.2 Å². The predicted octanol–water partition coefficient (Wildman–Crippen LogP) is -0.0753. The van der Waals surface area contributed by atoms with Gasteiger partial charge in [-0.2, -0.15) is 5.10 Å². The van der Waals surface area contributed by atoms with Gasteiger partial charge in [0.05, 0.1) is 11.6 Å². The molecule has 2 bridgehead atoms. The lowest BCUT2D eigenvalue weighted by Crippen LogP contribution is -2.45. The molecule has 8 nitrogen and oxygen atoms in total. The maximum atomic E-state index is 12.8. The average molecular weight is 353 g/mol. The number of hydrogen-bond donors (Lipinski definition) is 2. The van der Waals surface area contributed by atoms with Gasteiger partial charge in [-0.25, -0.2) is 4.68 Å². The third kappa shape index (κ3) is 2.33. The van der Waals surface area contributed by atoms with Crippen LogP contribution < -0.4 is 21.1 Å². The second-order valence-electron chi connectivity index (χ2n) is 7.28. The highest BCUT2D eigenvalue weighted by molar-refractivity contribution is 5.99. The average Bonchev–Trinajstić information content (AvgIpc) is 3.26. The molecule has 1 aromatic heterocycles. The van der Waals surface area contributed by atoms with Crippen molar-refractivity contribution in [3.05, 3.63) is 34.7 Å². The topological polar surface area (TPSA) is 96.3 Å². The fourth-order valence-electron chi connectivity index (χ4n) is 4.35. The van der Waals surface area contributed by atoms with E-state index >= 15 is 0 Å². The molecule has 3 aliphatic heterocycles. The summed E-state index contributed by atoms with van der Waals surface area (Å²) in [4.78, 5) is 38.6. The highest BCUT2D eigenvalue weighted by Crippen LogP contribution is 2.30. The summed E-state index contributed by atoms with van der Waals surface area (Å²) in [5.41, 5.74) is 0.805. The van der Waals surface area contributed by atoms with Gasteiger partial charge in [-0.3, -0.25) is 19.7 Å². The van der Waals surface area contributed by atoms with Crippen LogP contribution in [0.5, 0.6) is 0 Å². The molecule has 2 amide bonds. The van der Waals surface area contributed by atoms with Gasteiger partial charge >= 0.3 is 0 Å². The van der Waals surface area contributed by atoms with Crippen LogP contribution in [0.25, 0.3) is 10.8 Å². The minimum absolute atomic E-state index is 0.215. The van der Waals surface area contributed by atoms with Gasteiger partial charge in [0.1, 0.15) is 6.04 Å². The Morgan fingerprint density at radius 2 is 2.08 bits per heavy atom. The molecule has 2 aromatic rings. The van der Waals surface area contributed by atoms with Crippen LogP contribution in [0, 0.1) is 0 Å². The Morgan fingerprint density at radius 3 is 2.81 bits per heavy atom. The Kier molecular flexibility index (Phi) is 3.36. The highest BCUT2D eigenvalue weighted by atomic mass is 16.2. The lowest BCUT2D eigenvalue weighted by Gasteiger charge is -2.29. The maximum absolute atomic E-state index is 12.8. The fourth-order valence-corrected chi connectivity index (χ4v) is 4.35. The van der Waals surface area contributed by atoms with Crippen LogP contribution in [0.2, 0.25) is 0 Å². The first-order valence-electron chi connectivity index (χ1n) is 8.95. The van der Waals surface area contributed by atoms with Crippen molar-refractivity contribution in [1.82, 2.24) is 20.4 Å². The summed E-state index contributed by atoms with van der Waals surface area (Å²) < 4.78 is 1.20. The third-order valence-corrected chi connectivity index (χ3v) is 5.69. The molecule has 0 spiro atoms. The first-order valence-corrected chi connectivity index (χ1v) is 8.95. The van der Waals surface area contributed by atoms with E-state index in [1.807, 2.05) is 18.2 Å². The van der Waals surface area contributed by atoms with E-state index < -0.39 is 11.9 Å². The summed E-state index contributed by atoms with van der Waals surface area (Å²) in [6.07, 6.45) is 3.31. The molecule has 8 heteroatoms. The first-order chi connectivity index (χ1) is 12.6. The molecule has 3 aliphatic rings. The quantitative estimate of drug-likeness (QED) is 0.734. The monoisotopic (exact) mass is 353 g/mol. The van der Waals surface area contributed by atoms with E-state index in [0.29, 0.717) is 23.9 Å². The molecule has 3 fully saturated rings. The zero-order valence-corrected chi connectivity index (χ0v) is 14.1. The summed E-state index contributed by atoms with van der Waals surface area (Å²) in [5.74, 6) is -0.772. The van der Waals surface area contributed by atoms with Crippen molar-refractivity contribution in [2.75, 3.05) is 18.0 Å². The molecule has 3 unspecified atom stereocenters. The Balaban J connectivity index is 1.51. The van der Waals surface area contributed by atoms with Crippen molar-refractivity contribution >= 4 is 28.3 Å². The number of nitrogens with zero attached hydrogens (tertiary/aromatic N) is 3. The number of rotatable bonds is 2. The number of piperidine rings is 1. The van der Waals surface area contributed by atoms with Gasteiger partial charge in [0, 0.05) is 42.7 Å². The van der Waals surface area contributed by atoms with Gasteiger partial charge in [0.15, 0.2) is 0 Å². The number of piperazine rings is 1. The maximum Gasteiger partial charge on any atom is 0.275 e. The number of amides is 2. The molecule has 0 aliphatic carbocycles. The number of nitrogens with one attached hydrogen (secondary N) is 2. The van der Waals surface area contributed by atoms with Crippen LogP contribution in [0.1, 0.15) is 25.3 Å².